The molecule has 0 bridgehead atoms. The van der Waals surface area contributed by atoms with Gasteiger partial charge in [0.2, 0.25) is 0 Å². The van der Waals surface area contributed by atoms with Gasteiger partial charge in [-0.2, -0.15) is 0 Å². The fourth-order valence-electron chi connectivity index (χ4n) is 2.57. The van der Waals surface area contributed by atoms with E-state index in [-0.39, 0.29) is 6.04 Å². The lowest BCUT2D eigenvalue weighted by molar-refractivity contribution is 0.570. The van der Waals surface area contributed by atoms with Crippen molar-refractivity contribution in [2.24, 2.45) is 5.73 Å². The molecule has 0 fully saturated rings. The second-order valence-electron chi connectivity index (χ2n) is 5.59. The molecule has 1 aromatic carbocycles. The first-order valence-corrected chi connectivity index (χ1v) is 7.45. The van der Waals surface area contributed by atoms with Crippen molar-refractivity contribution in [2.75, 3.05) is 0 Å². The molecule has 108 valence electrons. The molecule has 2 aromatic rings. The lowest BCUT2D eigenvalue weighted by Crippen LogP contribution is -2.17. The number of nitrogens with zero attached hydrogens (tertiary/aromatic N) is 2. The van der Waals surface area contributed by atoms with Crippen molar-refractivity contribution in [2.45, 2.75) is 52.6 Å². The highest BCUT2D eigenvalue weighted by Gasteiger charge is 2.16. The van der Waals surface area contributed by atoms with Crippen LogP contribution in [0, 0.1) is 0 Å². The Balaban J connectivity index is 2.55. The molecule has 3 heteroatoms. The van der Waals surface area contributed by atoms with E-state index >= 15 is 0 Å². The Labute approximate surface area is 121 Å². The third-order valence-electron chi connectivity index (χ3n) is 3.61. The maximum absolute atomic E-state index is 6.30. The minimum Gasteiger partial charge on any atom is -0.323 e. The van der Waals surface area contributed by atoms with Crippen LogP contribution in [-0.4, -0.2) is 9.55 Å². The lowest BCUT2D eigenvalue weighted by Gasteiger charge is -2.14. The van der Waals surface area contributed by atoms with Crippen LogP contribution in [0.15, 0.2) is 30.4 Å². The normalized spacial score (nSPS) is 12.8. The topological polar surface area (TPSA) is 43.8 Å². The maximum atomic E-state index is 6.30. The predicted octanol–water partition coefficient (Wildman–Crippen LogP) is 3.97. The molecule has 1 aromatic heterocycles. The highest BCUT2D eigenvalue weighted by Crippen LogP contribution is 2.24. The number of rotatable bonds is 6. The zero-order valence-electron chi connectivity index (χ0n) is 12.8. The summed E-state index contributed by atoms with van der Waals surface area (Å²) in [5, 5.41) is 0. The molecule has 0 aliphatic rings. The summed E-state index contributed by atoms with van der Waals surface area (Å²) < 4.78 is 2.22. The summed E-state index contributed by atoms with van der Waals surface area (Å²) in [4.78, 5) is 4.79. The highest BCUT2D eigenvalue weighted by molar-refractivity contribution is 5.77. The predicted molar refractivity (Wildman–Crippen MR) is 85.8 cm³/mol. The summed E-state index contributed by atoms with van der Waals surface area (Å²) in [5.74, 6) is 0.984. The lowest BCUT2D eigenvalue weighted by atomic mass is 10.1. The Morgan fingerprint density at radius 1 is 1.40 bits per heavy atom. The minimum atomic E-state index is -0.00294. The van der Waals surface area contributed by atoms with E-state index in [1.807, 2.05) is 6.92 Å². The summed E-state index contributed by atoms with van der Waals surface area (Å²) in [6.45, 7) is 11.2. The third-order valence-corrected chi connectivity index (χ3v) is 3.61. The Kier molecular flexibility index (Phi) is 4.61. The first kappa shape index (κ1) is 14.8. The number of hydrogen-bond donors (Lipinski definition) is 1. The summed E-state index contributed by atoms with van der Waals surface area (Å²) >= 11 is 0. The molecule has 0 saturated heterocycles. The zero-order chi connectivity index (χ0) is 14.7. The number of fused-ring (bicyclic) bond motifs is 1. The van der Waals surface area contributed by atoms with E-state index in [9.17, 15) is 0 Å². The van der Waals surface area contributed by atoms with Crippen molar-refractivity contribution in [1.82, 2.24) is 9.55 Å². The third kappa shape index (κ3) is 2.93. The van der Waals surface area contributed by atoms with Crippen LogP contribution in [0.2, 0.25) is 0 Å². The molecule has 1 atom stereocenters. The largest absolute Gasteiger partial charge is 0.323 e. The van der Waals surface area contributed by atoms with Gasteiger partial charge in [-0.3, -0.25) is 0 Å². The number of allylic oxidation sites excluding steroid dienone is 1. The molecule has 0 aliphatic heterocycles. The number of aromatic nitrogens is 2. The standard InChI is InChI=1S/C17H25N3/c1-5-7-14(18)17-19-15-10-13(6-2)8-9-16(15)20(17)11-12(3)4/h8-10,14H,3,5-7,11,18H2,1-2,4H3. The van der Waals surface area contributed by atoms with Crippen LogP contribution in [-0.2, 0) is 13.0 Å². The molecule has 0 saturated carbocycles. The van der Waals surface area contributed by atoms with E-state index in [1.54, 1.807) is 0 Å². The quantitative estimate of drug-likeness (QED) is 0.808. The average molecular weight is 271 g/mol. The summed E-state index contributed by atoms with van der Waals surface area (Å²) in [7, 11) is 0. The fourth-order valence-corrected chi connectivity index (χ4v) is 2.57. The van der Waals surface area contributed by atoms with Crippen LogP contribution in [0.25, 0.3) is 11.0 Å². The van der Waals surface area contributed by atoms with E-state index in [2.05, 4.69) is 43.2 Å². The molecule has 0 amide bonds. The first-order valence-electron chi connectivity index (χ1n) is 7.45. The summed E-state index contributed by atoms with van der Waals surface area (Å²) in [5.41, 5.74) is 10.9. The Bertz CT molecular complexity index is 610. The number of hydrogen-bond acceptors (Lipinski definition) is 2. The molecule has 2 N–H and O–H groups in total. The van der Waals surface area contributed by atoms with Gasteiger partial charge in [0.15, 0.2) is 0 Å². The molecule has 1 unspecified atom stereocenters. The molecule has 3 nitrogen and oxygen atoms in total. The maximum Gasteiger partial charge on any atom is 0.127 e. The van der Waals surface area contributed by atoms with Gasteiger partial charge in [-0.05, 0) is 37.5 Å². The van der Waals surface area contributed by atoms with Gasteiger partial charge < -0.3 is 10.3 Å². The van der Waals surface area contributed by atoms with Crippen LogP contribution < -0.4 is 5.73 Å². The van der Waals surface area contributed by atoms with Gasteiger partial charge in [0, 0.05) is 6.54 Å². The Morgan fingerprint density at radius 3 is 2.75 bits per heavy atom. The molecule has 2 rings (SSSR count). The monoisotopic (exact) mass is 271 g/mol. The van der Waals surface area contributed by atoms with Crippen molar-refractivity contribution in [3.63, 3.8) is 0 Å². The first-order chi connectivity index (χ1) is 9.56. The van der Waals surface area contributed by atoms with Crippen LogP contribution in [0.5, 0.6) is 0 Å². The minimum absolute atomic E-state index is 0.00294. The van der Waals surface area contributed by atoms with Crippen molar-refractivity contribution >= 4 is 11.0 Å². The van der Waals surface area contributed by atoms with Gasteiger partial charge in [0.25, 0.3) is 0 Å². The average Bonchev–Trinajstić information content (AvgIpc) is 2.76. The van der Waals surface area contributed by atoms with Crippen LogP contribution >= 0.6 is 0 Å². The van der Waals surface area contributed by atoms with E-state index in [1.165, 1.54) is 5.56 Å². The van der Waals surface area contributed by atoms with E-state index < -0.39 is 0 Å². The van der Waals surface area contributed by atoms with Crippen molar-refractivity contribution in [1.29, 1.82) is 0 Å². The second kappa shape index (κ2) is 6.23. The SMILES string of the molecule is C=C(C)Cn1c(C(N)CCC)nc2cc(CC)ccc21. The summed E-state index contributed by atoms with van der Waals surface area (Å²) in [6.07, 6.45) is 3.05. The summed E-state index contributed by atoms with van der Waals surface area (Å²) in [6, 6.07) is 6.50. The second-order valence-corrected chi connectivity index (χ2v) is 5.59. The Hall–Kier alpha value is -1.61. The molecular formula is C17H25N3. The van der Waals surface area contributed by atoms with Gasteiger partial charge in [-0.15, -0.1) is 0 Å². The molecule has 20 heavy (non-hydrogen) atoms. The smallest absolute Gasteiger partial charge is 0.127 e. The zero-order valence-corrected chi connectivity index (χ0v) is 12.8. The van der Waals surface area contributed by atoms with E-state index in [0.29, 0.717) is 0 Å². The number of nitrogens with two attached hydrogens (primary N) is 1. The van der Waals surface area contributed by atoms with Crippen molar-refractivity contribution < 1.29 is 0 Å². The van der Waals surface area contributed by atoms with Gasteiger partial charge in [0.05, 0.1) is 17.1 Å². The van der Waals surface area contributed by atoms with Gasteiger partial charge >= 0.3 is 0 Å². The van der Waals surface area contributed by atoms with Gasteiger partial charge in [0.1, 0.15) is 5.82 Å². The molecular weight excluding hydrogens is 246 g/mol. The fraction of sp³-hybridized carbons (Fsp3) is 0.471. The van der Waals surface area contributed by atoms with Crippen LogP contribution in [0.1, 0.15) is 51.0 Å². The number of benzene rings is 1. The molecule has 0 spiro atoms. The molecule has 0 radical (unpaired) electrons. The number of imidazole rings is 1. The van der Waals surface area contributed by atoms with Crippen molar-refractivity contribution in [3.05, 3.63) is 41.7 Å². The van der Waals surface area contributed by atoms with E-state index in [4.69, 9.17) is 10.7 Å². The van der Waals surface area contributed by atoms with Crippen LogP contribution in [0.3, 0.4) is 0 Å². The molecule has 0 aliphatic carbocycles. The highest BCUT2D eigenvalue weighted by atomic mass is 15.1. The van der Waals surface area contributed by atoms with E-state index in [0.717, 1.165) is 48.2 Å². The van der Waals surface area contributed by atoms with Crippen molar-refractivity contribution in [3.8, 4) is 0 Å². The van der Waals surface area contributed by atoms with Crippen LogP contribution in [0.4, 0.5) is 0 Å². The Morgan fingerprint density at radius 2 is 2.15 bits per heavy atom. The molecule has 1 heterocycles. The van der Waals surface area contributed by atoms with Gasteiger partial charge in [-0.25, -0.2) is 4.98 Å². The van der Waals surface area contributed by atoms with Gasteiger partial charge in [-0.1, -0.05) is 38.5 Å². The number of aryl methyl sites for hydroxylation is 1.